The van der Waals surface area contributed by atoms with Crippen molar-refractivity contribution in [2.45, 2.75) is 0 Å². The van der Waals surface area contributed by atoms with Crippen molar-refractivity contribution in [3.8, 4) is 67.4 Å². The van der Waals surface area contributed by atoms with Crippen LogP contribution < -0.4 is 0 Å². The van der Waals surface area contributed by atoms with E-state index >= 15 is 0 Å². The summed E-state index contributed by atoms with van der Waals surface area (Å²) in [4.78, 5) is 20.0. The molecule has 0 aliphatic heterocycles. The molecular weight excluding hydrogens is 585 g/mol. The average Bonchev–Trinajstić information content (AvgIpc) is 3.50. The first-order valence-corrected chi connectivity index (χ1v) is 16.1. The Morgan fingerprint density at radius 3 is 1.81 bits per heavy atom. The van der Waals surface area contributed by atoms with E-state index < -0.39 is 0 Å². The second-order valence-corrected chi connectivity index (χ2v) is 12.2. The van der Waals surface area contributed by atoms with E-state index in [1.165, 1.54) is 33.0 Å². The normalized spacial score (nSPS) is 11.8. The van der Waals surface area contributed by atoms with E-state index in [2.05, 4.69) is 132 Å². The molecule has 4 heteroatoms. The standard InChI is InChI=1S/C44H26N4/c1-2-8-31(9-3-1)44-47-39(26-40(48-44)34-22-23-37-33-12-5-4-11-32(33)35-13-6-14-36(34)41(35)37)28-17-15-27(16-18-28)38-24-21-30-20-19-29-10-7-25-45-42(29)43(30)46-38/h1-26H. The van der Waals surface area contributed by atoms with E-state index in [0.29, 0.717) is 5.82 Å². The molecule has 6 aromatic carbocycles. The summed E-state index contributed by atoms with van der Waals surface area (Å²) in [6, 6.07) is 53.1. The molecular formula is C44H26N4. The minimum atomic E-state index is 0.703. The van der Waals surface area contributed by atoms with Gasteiger partial charge in [-0.1, -0.05) is 133 Å². The highest BCUT2D eigenvalue weighted by Crippen LogP contribution is 2.49. The Hall–Kier alpha value is -6.52. The van der Waals surface area contributed by atoms with Gasteiger partial charge in [-0.3, -0.25) is 4.98 Å². The average molecular weight is 611 g/mol. The fourth-order valence-electron chi connectivity index (χ4n) is 7.18. The van der Waals surface area contributed by atoms with E-state index in [1.54, 1.807) is 0 Å². The van der Waals surface area contributed by atoms with E-state index in [9.17, 15) is 0 Å². The first-order valence-electron chi connectivity index (χ1n) is 16.1. The highest BCUT2D eigenvalue weighted by molar-refractivity contribution is 6.18. The highest BCUT2D eigenvalue weighted by atomic mass is 14.9. The smallest absolute Gasteiger partial charge is 0.160 e. The lowest BCUT2D eigenvalue weighted by Gasteiger charge is -2.13. The second kappa shape index (κ2) is 10.5. The van der Waals surface area contributed by atoms with Gasteiger partial charge in [0.1, 0.15) is 0 Å². The van der Waals surface area contributed by atoms with Gasteiger partial charge in [-0.25, -0.2) is 15.0 Å². The topological polar surface area (TPSA) is 51.6 Å². The van der Waals surface area contributed by atoms with Gasteiger partial charge in [0.15, 0.2) is 5.82 Å². The van der Waals surface area contributed by atoms with E-state index in [1.807, 2.05) is 30.5 Å². The molecule has 9 aromatic rings. The Morgan fingerprint density at radius 2 is 1.00 bits per heavy atom. The Balaban J connectivity index is 1.10. The van der Waals surface area contributed by atoms with Crippen LogP contribution in [0.4, 0.5) is 0 Å². The number of rotatable bonds is 4. The lowest BCUT2D eigenvalue weighted by atomic mass is 9.96. The van der Waals surface area contributed by atoms with Gasteiger partial charge in [-0.05, 0) is 51.2 Å². The highest BCUT2D eigenvalue weighted by Gasteiger charge is 2.23. The lowest BCUT2D eigenvalue weighted by Crippen LogP contribution is -1.96. The van der Waals surface area contributed by atoms with Gasteiger partial charge >= 0.3 is 0 Å². The van der Waals surface area contributed by atoms with Crippen molar-refractivity contribution in [1.29, 1.82) is 0 Å². The molecule has 4 nitrogen and oxygen atoms in total. The Bertz CT molecular complexity index is 2690. The maximum absolute atomic E-state index is 5.17. The van der Waals surface area contributed by atoms with Crippen molar-refractivity contribution in [2.75, 3.05) is 0 Å². The molecule has 0 amide bonds. The van der Waals surface area contributed by atoms with E-state index in [0.717, 1.165) is 61.1 Å². The van der Waals surface area contributed by atoms with Crippen molar-refractivity contribution >= 4 is 32.6 Å². The predicted octanol–water partition coefficient (Wildman–Crippen LogP) is 11.0. The minimum Gasteiger partial charge on any atom is -0.254 e. The largest absolute Gasteiger partial charge is 0.254 e. The molecule has 0 spiro atoms. The number of pyridine rings is 2. The molecule has 1 aliphatic rings. The van der Waals surface area contributed by atoms with Crippen LogP contribution in [-0.2, 0) is 0 Å². The van der Waals surface area contributed by atoms with E-state index in [4.69, 9.17) is 15.0 Å². The fraction of sp³-hybridized carbons (Fsp3) is 0. The second-order valence-electron chi connectivity index (χ2n) is 12.2. The van der Waals surface area contributed by atoms with Gasteiger partial charge in [0.2, 0.25) is 0 Å². The van der Waals surface area contributed by atoms with Gasteiger partial charge in [0.25, 0.3) is 0 Å². The number of fused-ring (bicyclic) bond motifs is 6. The zero-order chi connectivity index (χ0) is 31.6. The van der Waals surface area contributed by atoms with Crippen molar-refractivity contribution in [3.05, 3.63) is 158 Å². The van der Waals surface area contributed by atoms with Crippen LogP contribution in [0.15, 0.2) is 158 Å². The van der Waals surface area contributed by atoms with Crippen LogP contribution >= 0.6 is 0 Å². The molecule has 3 aromatic heterocycles. The Labute approximate surface area is 277 Å². The number of benzene rings is 6. The predicted molar refractivity (Wildman–Crippen MR) is 196 cm³/mol. The summed E-state index contributed by atoms with van der Waals surface area (Å²) in [5, 5.41) is 4.65. The third-order valence-electron chi connectivity index (χ3n) is 9.49. The van der Waals surface area contributed by atoms with E-state index in [-0.39, 0.29) is 0 Å². The molecule has 1 aliphatic carbocycles. The number of hydrogen-bond acceptors (Lipinski definition) is 4. The molecule has 0 unspecified atom stereocenters. The van der Waals surface area contributed by atoms with Crippen molar-refractivity contribution < 1.29 is 0 Å². The maximum atomic E-state index is 5.17. The molecule has 222 valence electrons. The number of nitrogens with zero attached hydrogens (tertiary/aromatic N) is 4. The molecule has 0 saturated carbocycles. The van der Waals surface area contributed by atoms with Crippen LogP contribution in [-0.4, -0.2) is 19.9 Å². The quantitative estimate of drug-likeness (QED) is 0.186. The first-order chi connectivity index (χ1) is 23.8. The molecule has 0 radical (unpaired) electrons. The molecule has 0 atom stereocenters. The van der Waals surface area contributed by atoms with Gasteiger partial charge < -0.3 is 0 Å². The van der Waals surface area contributed by atoms with Crippen molar-refractivity contribution in [1.82, 2.24) is 19.9 Å². The lowest BCUT2D eigenvalue weighted by molar-refractivity contribution is 1.18. The molecule has 0 fully saturated rings. The molecule has 10 rings (SSSR count). The van der Waals surface area contributed by atoms with Crippen molar-refractivity contribution in [3.63, 3.8) is 0 Å². The third-order valence-corrected chi connectivity index (χ3v) is 9.49. The molecule has 0 N–H and O–H groups in total. The summed E-state index contributed by atoms with van der Waals surface area (Å²) in [7, 11) is 0. The van der Waals surface area contributed by atoms with Crippen LogP contribution in [0.1, 0.15) is 0 Å². The SMILES string of the molecule is c1ccc(-c2nc(-c3ccc(-c4ccc5ccc6cccnc6c5n4)cc3)cc(-c3ccc4c5c(cccc35)-c3ccccc3-4)n2)cc1. The van der Waals surface area contributed by atoms with Crippen molar-refractivity contribution in [2.24, 2.45) is 0 Å². The summed E-state index contributed by atoms with van der Waals surface area (Å²) in [6.45, 7) is 0. The Morgan fingerprint density at radius 1 is 0.354 bits per heavy atom. The zero-order valence-electron chi connectivity index (χ0n) is 25.8. The molecule has 3 heterocycles. The summed E-state index contributed by atoms with van der Waals surface area (Å²) < 4.78 is 0. The van der Waals surface area contributed by atoms with Crippen LogP contribution in [0.3, 0.4) is 0 Å². The fourth-order valence-corrected chi connectivity index (χ4v) is 7.18. The summed E-state index contributed by atoms with van der Waals surface area (Å²) in [5.41, 5.74) is 13.8. The molecule has 0 saturated heterocycles. The van der Waals surface area contributed by atoms with Gasteiger partial charge in [0, 0.05) is 39.2 Å². The third kappa shape index (κ3) is 4.16. The van der Waals surface area contributed by atoms with Gasteiger partial charge in [0.05, 0.1) is 28.1 Å². The van der Waals surface area contributed by atoms with Crippen LogP contribution in [0.25, 0.3) is 100.0 Å². The molecule has 0 bridgehead atoms. The number of aromatic nitrogens is 4. The maximum Gasteiger partial charge on any atom is 0.160 e. The van der Waals surface area contributed by atoms with Gasteiger partial charge in [-0.15, -0.1) is 0 Å². The monoisotopic (exact) mass is 610 g/mol. The minimum absolute atomic E-state index is 0.703. The summed E-state index contributed by atoms with van der Waals surface area (Å²) in [5.74, 6) is 0.703. The summed E-state index contributed by atoms with van der Waals surface area (Å²) in [6.07, 6.45) is 1.83. The Kier molecular flexibility index (Phi) is 5.84. The molecule has 48 heavy (non-hydrogen) atoms. The zero-order valence-corrected chi connectivity index (χ0v) is 25.8. The first kappa shape index (κ1) is 26.7. The number of hydrogen-bond donors (Lipinski definition) is 0. The van der Waals surface area contributed by atoms with Crippen LogP contribution in [0, 0.1) is 0 Å². The van der Waals surface area contributed by atoms with Gasteiger partial charge in [-0.2, -0.15) is 0 Å². The van der Waals surface area contributed by atoms with Crippen LogP contribution in [0.2, 0.25) is 0 Å². The van der Waals surface area contributed by atoms with Crippen LogP contribution in [0.5, 0.6) is 0 Å². The summed E-state index contributed by atoms with van der Waals surface area (Å²) >= 11 is 0.